The Bertz CT molecular complexity index is 934. The van der Waals surface area contributed by atoms with Crippen LogP contribution in [-0.2, 0) is 4.74 Å². The summed E-state index contributed by atoms with van der Waals surface area (Å²) in [4.78, 5) is 15.9. The van der Waals surface area contributed by atoms with Crippen LogP contribution in [0.5, 0.6) is 0 Å². The van der Waals surface area contributed by atoms with Crippen LogP contribution in [0.2, 0.25) is 0 Å². The number of rotatable bonds is 5. The standard InChI is InChI=1S/C19H19N3O2S2/c1-3-24-17(23)16-11-26-19(21-16)22-18(25)20-12(2)14-10-6-8-13-7-4-5-9-15(13)14/h4-12H,3H2,1-2H3,(H2,20,21,22,25)/t12-/m1/s1. The molecule has 1 atom stereocenters. The third-order valence-electron chi connectivity index (χ3n) is 3.85. The van der Waals surface area contributed by atoms with Crippen molar-refractivity contribution in [1.82, 2.24) is 10.3 Å². The summed E-state index contributed by atoms with van der Waals surface area (Å²) in [6, 6.07) is 14.5. The van der Waals surface area contributed by atoms with Gasteiger partial charge < -0.3 is 15.4 Å². The van der Waals surface area contributed by atoms with Crippen molar-refractivity contribution in [2.45, 2.75) is 19.9 Å². The highest BCUT2D eigenvalue weighted by Gasteiger charge is 2.14. The van der Waals surface area contributed by atoms with Crippen LogP contribution in [0.25, 0.3) is 10.8 Å². The van der Waals surface area contributed by atoms with Crippen molar-refractivity contribution in [3.63, 3.8) is 0 Å². The molecule has 0 aliphatic rings. The molecule has 0 bridgehead atoms. The number of nitrogens with one attached hydrogen (secondary N) is 2. The van der Waals surface area contributed by atoms with E-state index in [4.69, 9.17) is 17.0 Å². The maximum Gasteiger partial charge on any atom is 0.357 e. The number of thiocarbonyl (C=S) groups is 1. The fraction of sp³-hybridized carbons (Fsp3) is 0.211. The van der Waals surface area contributed by atoms with E-state index in [0.717, 1.165) is 0 Å². The normalized spacial score (nSPS) is 11.8. The van der Waals surface area contributed by atoms with E-state index in [0.29, 0.717) is 16.9 Å². The molecular formula is C19H19N3O2S2. The molecule has 3 rings (SSSR count). The predicted molar refractivity (Wildman–Crippen MR) is 110 cm³/mol. The van der Waals surface area contributed by atoms with Gasteiger partial charge in [-0.15, -0.1) is 11.3 Å². The quantitative estimate of drug-likeness (QED) is 0.497. The summed E-state index contributed by atoms with van der Waals surface area (Å²) >= 11 is 6.70. The second kappa shape index (κ2) is 8.25. The Balaban J connectivity index is 1.67. The van der Waals surface area contributed by atoms with Gasteiger partial charge >= 0.3 is 5.97 Å². The van der Waals surface area contributed by atoms with Gasteiger partial charge in [-0.2, -0.15) is 0 Å². The summed E-state index contributed by atoms with van der Waals surface area (Å²) in [6.45, 7) is 4.14. The molecule has 134 valence electrons. The van der Waals surface area contributed by atoms with Crippen LogP contribution in [-0.4, -0.2) is 22.7 Å². The number of ether oxygens (including phenoxy) is 1. The van der Waals surface area contributed by atoms with Gasteiger partial charge in [-0.05, 0) is 42.4 Å². The molecule has 1 aromatic heterocycles. The lowest BCUT2D eigenvalue weighted by Crippen LogP contribution is -2.31. The summed E-state index contributed by atoms with van der Waals surface area (Å²) in [6.07, 6.45) is 0. The molecule has 3 aromatic rings. The highest BCUT2D eigenvalue weighted by Crippen LogP contribution is 2.24. The Hall–Kier alpha value is -2.51. The summed E-state index contributed by atoms with van der Waals surface area (Å²) < 4.78 is 4.94. The molecule has 26 heavy (non-hydrogen) atoms. The second-order valence-electron chi connectivity index (χ2n) is 5.65. The maximum atomic E-state index is 11.7. The van der Waals surface area contributed by atoms with E-state index < -0.39 is 5.97 Å². The molecule has 0 saturated heterocycles. The molecule has 0 saturated carbocycles. The highest BCUT2D eigenvalue weighted by molar-refractivity contribution is 7.80. The number of aromatic nitrogens is 1. The summed E-state index contributed by atoms with van der Waals surface area (Å²) in [5.41, 5.74) is 1.45. The third kappa shape index (κ3) is 4.17. The number of carbonyl (C=O) groups is 1. The van der Waals surface area contributed by atoms with Crippen molar-refractivity contribution < 1.29 is 9.53 Å². The monoisotopic (exact) mass is 385 g/mol. The zero-order chi connectivity index (χ0) is 18.5. The van der Waals surface area contributed by atoms with Crippen molar-refractivity contribution >= 4 is 50.5 Å². The molecule has 0 fully saturated rings. The first-order chi connectivity index (χ1) is 12.6. The van der Waals surface area contributed by atoms with Gasteiger partial charge in [0.05, 0.1) is 12.6 Å². The molecule has 5 nitrogen and oxygen atoms in total. The topological polar surface area (TPSA) is 63.2 Å². The van der Waals surface area contributed by atoms with E-state index in [1.807, 2.05) is 18.2 Å². The van der Waals surface area contributed by atoms with Crippen molar-refractivity contribution in [3.8, 4) is 0 Å². The van der Waals surface area contributed by atoms with Crippen LogP contribution in [0.1, 0.15) is 35.9 Å². The van der Waals surface area contributed by atoms with Gasteiger partial charge in [0.25, 0.3) is 0 Å². The Morgan fingerprint density at radius 1 is 1.27 bits per heavy atom. The molecule has 2 aromatic carbocycles. The number of thiazole rings is 1. The molecule has 0 aliphatic carbocycles. The van der Waals surface area contributed by atoms with Crippen LogP contribution >= 0.6 is 23.6 Å². The van der Waals surface area contributed by atoms with Gasteiger partial charge in [0.2, 0.25) is 0 Å². The van der Waals surface area contributed by atoms with Gasteiger partial charge in [0.1, 0.15) is 0 Å². The van der Waals surface area contributed by atoms with Gasteiger partial charge in [-0.3, -0.25) is 0 Å². The van der Waals surface area contributed by atoms with Crippen molar-refractivity contribution in [2.24, 2.45) is 0 Å². The number of esters is 1. The maximum absolute atomic E-state index is 11.7. The largest absolute Gasteiger partial charge is 0.461 e. The average molecular weight is 386 g/mol. The first-order valence-electron chi connectivity index (χ1n) is 8.26. The third-order valence-corrected chi connectivity index (χ3v) is 4.82. The molecule has 7 heteroatoms. The first-order valence-corrected chi connectivity index (χ1v) is 9.55. The van der Waals surface area contributed by atoms with E-state index in [1.165, 1.54) is 27.7 Å². The Kier molecular flexibility index (Phi) is 5.80. The number of benzene rings is 2. The molecule has 1 heterocycles. The van der Waals surface area contributed by atoms with E-state index in [1.54, 1.807) is 12.3 Å². The smallest absolute Gasteiger partial charge is 0.357 e. The van der Waals surface area contributed by atoms with Crippen LogP contribution < -0.4 is 10.6 Å². The lowest BCUT2D eigenvalue weighted by atomic mass is 10.00. The van der Waals surface area contributed by atoms with Crippen molar-refractivity contribution in [1.29, 1.82) is 0 Å². The predicted octanol–water partition coefficient (Wildman–Crippen LogP) is 4.52. The zero-order valence-corrected chi connectivity index (χ0v) is 16.1. The van der Waals surface area contributed by atoms with Crippen molar-refractivity contribution in [2.75, 3.05) is 11.9 Å². The van der Waals surface area contributed by atoms with Crippen LogP contribution in [0, 0.1) is 0 Å². The van der Waals surface area contributed by atoms with Gasteiger partial charge in [-0.1, -0.05) is 42.5 Å². The lowest BCUT2D eigenvalue weighted by Gasteiger charge is -2.18. The van der Waals surface area contributed by atoms with E-state index in [-0.39, 0.29) is 11.7 Å². The summed E-state index contributed by atoms with van der Waals surface area (Å²) in [5, 5.41) is 11.3. The number of carbonyl (C=O) groups excluding carboxylic acids is 1. The number of hydrogen-bond donors (Lipinski definition) is 2. The molecule has 0 unspecified atom stereocenters. The molecular weight excluding hydrogens is 366 g/mol. The van der Waals surface area contributed by atoms with Crippen LogP contribution in [0.4, 0.5) is 5.13 Å². The fourth-order valence-electron chi connectivity index (χ4n) is 2.67. The Labute approximate surface area is 161 Å². The fourth-order valence-corrected chi connectivity index (χ4v) is 3.69. The second-order valence-corrected chi connectivity index (χ2v) is 6.91. The number of hydrogen-bond acceptors (Lipinski definition) is 5. The average Bonchev–Trinajstić information content (AvgIpc) is 3.09. The first kappa shape index (κ1) is 18.3. The van der Waals surface area contributed by atoms with Crippen LogP contribution in [0.15, 0.2) is 47.8 Å². The molecule has 0 amide bonds. The zero-order valence-electron chi connectivity index (χ0n) is 14.5. The van der Waals surface area contributed by atoms with E-state index >= 15 is 0 Å². The van der Waals surface area contributed by atoms with Crippen LogP contribution in [0.3, 0.4) is 0 Å². The lowest BCUT2D eigenvalue weighted by molar-refractivity contribution is 0.0520. The molecule has 0 aliphatic heterocycles. The van der Waals surface area contributed by atoms with E-state index in [9.17, 15) is 4.79 Å². The van der Waals surface area contributed by atoms with Gasteiger partial charge in [-0.25, -0.2) is 9.78 Å². The van der Waals surface area contributed by atoms with Gasteiger partial charge in [0, 0.05) is 5.38 Å². The molecule has 2 N–H and O–H groups in total. The summed E-state index contributed by atoms with van der Waals surface area (Å²) in [5.74, 6) is -0.431. The minimum absolute atomic E-state index is 0.0191. The number of nitrogens with zero attached hydrogens (tertiary/aromatic N) is 1. The Morgan fingerprint density at radius 2 is 2.04 bits per heavy atom. The van der Waals surface area contributed by atoms with E-state index in [2.05, 4.69) is 46.8 Å². The van der Waals surface area contributed by atoms with Crippen molar-refractivity contribution in [3.05, 3.63) is 59.1 Å². The molecule has 0 radical (unpaired) electrons. The minimum atomic E-state index is -0.431. The summed E-state index contributed by atoms with van der Waals surface area (Å²) in [7, 11) is 0. The number of anilines is 1. The Morgan fingerprint density at radius 3 is 2.85 bits per heavy atom. The minimum Gasteiger partial charge on any atom is -0.461 e. The number of fused-ring (bicyclic) bond motifs is 1. The molecule has 0 spiro atoms. The SMILES string of the molecule is CCOC(=O)c1csc(NC(=S)N[C@H](C)c2cccc3ccccc23)n1. The highest BCUT2D eigenvalue weighted by atomic mass is 32.1. The van der Waals surface area contributed by atoms with Gasteiger partial charge in [0.15, 0.2) is 15.9 Å².